The van der Waals surface area contributed by atoms with Crippen LogP contribution in [0.15, 0.2) is 17.5 Å². The number of aromatic nitrogens is 4. The molecule has 29 heavy (non-hydrogen) atoms. The van der Waals surface area contributed by atoms with Gasteiger partial charge in [0.25, 0.3) is 0 Å². The van der Waals surface area contributed by atoms with E-state index in [0.29, 0.717) is 25.6 Å². The summed E-state index contributed by atoms with van der Waals surface area (Å²) in [6.07, 6.45) is 6.72. The highest BCUT2D eigenvalue weighted by Crippen LogP contribution is 2.20. The molecule has 0 atom stereocenters. The number of hydrogen-bond donors (Lipinski definition) is 4. The van der Waals surface area contributed by atoms with Crippen molar-refractivity contribution in [3.05, 3.63) is 12.5 Å². The largest absolute Gasteiger partial charge is 0.388 e. The van der Waals surface area contributed by atoms with Crippen LogP contribution in [0.4, 0.5) is 5.82 Å². The molecule has 0 fully saturated rings. The minimum atomic E-state index is -0.725. The molecule has 164 valence electrons. The summed E-state index contributed by atoms with van der Waals surface area (Å²) in [4.78, 5) is 13.1. The number of nitrogens with zero attached hydrogens (tertiary/aromatic N) is 5. The van der Waals surface area contributed by atoms with Crippen molar-refractivity contribution < 1.29 is 5.11 Å². The van der Waals surface area contributed by atoms with Gasteiger partial charge in [-0.3, -0.25) is 9.67 Å². The van der Waals surface area contributed by atoms with Crippen LogP contribution in [0.3, 0.4) is 0 Å². The fourth-order valence-corrected chi connectivity index (χ4v) is 3.25. The summed E-state index contributed by atoms with van der Waals surface area (Å²) < 4.78 is 1.73. The third-order valence-electron chi connectivity index (χ3n) is 4.55. The second-order valence-corrected chi connectivity index (χ2v) is 7.00. The van der Waals surface area contributed by atoms with Crippen molar-refractivity contribution >= 4 is 46.8 Å². The zero-order chi connectivity index (χ0) is 20.4. The third-order valence-corrected chi connectivity index (χ3v) is 4.55. The Labute approximate surface area is 190 Å². The monoisotopic (exact) mass is 518 g/mol. The molecule has 2 rings (SSSR count). The zero-order valence-electron chi connectivity index (χ0n) is 17.9. The molecule has 0 bridgehead atoms. The quantitative estimate of drug-likeness (QED) is 0.156. The molecular formula is C19H35IN8O. The Bertz CT molecular complexity index is 758. The molecule has 10 heteroatoms. The lowest BCUT2D eigenvalue weighted by molar-refractivity contribution is 0.0306. The number of anilines is 1. The Morgan fingerprint density at radius 3 is 2.52 bits per heavy atom. The van der Waals surface area contributed by atoms with Gasteiger partial charge >= 0.3 is 0 Å². The first-order valence-corrected chi connectivity index (χ1v) is 10.1. The molecule has 4 N–H and O–H groups in total. The SMILES string of the molecule is CCCC(O)(CCC)CN=C(NCC)NCCNc1ncnc2c1cnn2C.I. The number of aryl methyl sites for hydroxylation is 1. The zero-order valence-corrected chi connectivity index (χ0v) is 20.2. The van der Waals surface area contributed by atoms with Gasteiger partial charge in [0.15, 0.2) is 11.6 Å². The molecule has 0 aliphatic heterocycles. The van der Waals surface area contributed by atoms with Crippen LogP contribution in [-0.2, 0) is 7.05 Å². The van der Waals surface area contributed by atoms with Gasteiger partial charge in [0, 0.05) is 26.7 Å². The summed E-state index contributed by atoms with van der Waals surface area (Å²) in [5.74, 6) is 1.48. The summed E-state index contributed by atoms with van der Waals surface area (Å²) in [5.41, 5.74) is 0.0725. The highest BCUT2D eigenvalue weighted by atomic mass is 127. The highest BCUT2D eigenvalue weighted by Gasteiger charge is 2.24. The highest BCUT2D eigenvalue weighted by molar-refractivity contribution is 14.0. The van der Waals surface area contributed by atoms with Gasteiger partial charge in [-0.05, 0) is 19.8 Å². The lowest BCUT2D eigenvalue weighted by Gasteiger charge is -2.26. The summed E-state index contributed by atoms with van der Waals surface area (Å²) in [5, 5.41) is 25.7. The van der Waals surface area contributed by atoms with E-state index in [1.165, 1.54) is 6.33 Å². The van der Waals surface area contributed by atoms with Gasteiger partial charge in [-0.15, -0.1) is 24.0 Å². The molecule has 0 aromatic carbocycles. The molecule has 0 spiro atoms. The Balaban J connectivity index is 0.00000420. The first-order chi connectivity index (χ1) is 13.5. The molecular weight excluding hydrogens is 483 g/mol. The molecule has 2 aromatic heterocycles. The Morgan fingerprint density at radius 1 is 1.14 bits per heavy atom. The van der Waals surface area contributed by atoms with Gasteiger partial charge in [-0.1, -0.05) is 26.7 Å². The summed E-state index contributed by atoms with van der Waals surface area (Å²) >= 11 is 0. The maximum atomic E-state index is 10.8. The van der Waals surface area contributed by atoms with Crippen LogP contribution in [0.1, 0.15) is 46.5 Å². The van der Waals surface area contributed by atoms with Gasteiger partial charge in [0.1, 0.15) is 12.1 Å². The maximum Gasteiger partial charge on any atom is 0.191 e. The smallest absolute Gasteiger partial charge is 0.191 e. The number of rotatable bonds is 11. The average Bonchev–Trinajstić information content (AvgIpc) is 3.05. The van der Waals surface area contributed by atoms with Gasteiger partial charge in [-0.25, -0.2) is 9.97 Å². The molecule has 2 aromatic rings. The number of nitrogens with one attached hydrogen (secondary N) is 3. The number of halogens is 1. The number of aliphatic imine (C=N–C) groups is 1. The van der Waals surface area contributed by atoms with Crippen molar-refractivity contribution in [2.24, 2.45) is 12.0 Å². The number of guanidine groups is 1. The fraction of sp³-hybridized carbons (Fsp3) is 0.684. The van der Waals surface area contributed by atoms with Crippen molar-refractivity contribution in [3.8, 4) is 0 Å². The molecule has 0 aliphatic rings. The molecule has 0 saturated carbocycles. The summed E-state index contributed by atoms with van der Waals surface area (Å²) in [7, 11) is 1.86. The van der Waals surface area contributed by atoms with Crippen LogP contribution < -0.4 is 16.0 Å². The molecule has 0 radical (unpaired) electrons. The van der Waals surface area contributed by atoms with Crippen LogP contribution in [0.5, 0.6) is 0 Å². The minimum Gasteiger partial charge on any atom is -0.388 e. The fourth-order valence-electron chi connectivity index (χ4n) is 3.25. The van der Waals surface area contributed by atoms with E-state index >= 15 is 0 Å². The standard InChI is InChI=1S/C19H34N8O.HI/c1-5-8-19(28,9-6-2)13-23-18(20-7-3)22-11-10-21-16-15-12-26-27(4)17(15)25-14-24-16;/h12,14,28H,5-11,13H2,1-4H3,(H2,20,22,23)(H,21,24,25);1H. The molecule has 0 saturated heterocycles. The Morgan fingerprint density at radius 2 is 1.86 bits per heavy atom. The normalized spacial score (nSPS) is 12.0. The predicted molar refractivity (Wildman–Crippen MR) is 129 cm³/mol. The van der Waals surface area contributed by atoms with E-state index in [0.717, 1.165) is 49.1 Å². The van der Waals surface area contributed by atoms with Crippen LogP contribution >= 0.6 is 24.0 Å². The van der Waals surface area contributed by atoms with E-state index in [2.05, 4.69) is 49.9 Å². The predicted octanol–water partition coefficient (Wildman–Crippen LogP) is 2.28. The van der Waals surface area contributed by atoms with Crippen molar-refractivity contribution in [3.63, 3.8) is 0 Å². The number of aliphatic hydroxyl groups is 1. The van der Waals surface area contributed by atoms with Crippen molar-refractivity contribution in [2.75, 3.05) is 31.5 Å². The topological polar surface area (TPSA) is 112 Å². The van der Waals surface area contributed by atoms with E-state index < -0.39 is 5.60 Å². The Hall–Kier alpha value is -1.69. The van der Waals surface area contributed by atoms with Crippen LogP contribution in [0.25, 0.3) is 11.0 Å². The maximum absolute atomic E-state index is 10.8. The summed E-state index contributed by atoms with van der Waals surface area (Å²) in [6.45, 7) is 8.70. The van der Waals surface area contributed by atoms with Crippen LogP contribution in [0, 0.1) is 0 Å². The first kappa shape index (κ1) is 25.3. The van der Waals surface area contributed by atoms with E-state index in [1.54, 1.807) is 10.9 Å². The number of fused-ring (bicyclic) bond motifs is 1. The van der Waals surface area contributed by atoms with Crippen molar-refractivity contribution in [1.29, 1.82) is 0 Å². The lowest BCUT2D eigenvalue weighted by Crippen LogP contribution is -2.41. The molecule has 9 nitrogen and oxygen atoms in total. The van der Waals surface area contributed by atoms with Gasteiger partial charge in [-0.2, -0.15) is 5.10 Å². The Kier molecular flexibility index (Phi) is 11.2. The van der Waals surface area contributed by atoms with Gasteiger partial charge in [0.05, 0.1) is 23.7 Å². The third kappa shape index (κ3) is 7.57. The van der Waals surface area contributed by atoms with Gasteiger partial charge < -0.3 is 21.1 Å². The minimum absolute atomic E-state index is 0. The van der Waals surface area contributed by atoms with E-state index in [1.807, 2.05) is 14.0 Å². The molecule has 2 heterocycles. The first-order valence-electron chi connectivity index (χ1n) is 10.1. The second-order valence-electron chi connectivity index (χ2n) is 7.00. The van der Waals surface area contributed by atoms with E-state index in [9.17, 15) is 5.11 Å². The molecule has 0 aliphatic carbocycles. The molecule has 0 unspecified atom stereocenters. The van der Waals surface area contributed by atoms with Crippen LogP contribution in [0.2, 0.25) is 0 Å². The second kappa shape index (κ2) is 12.8. The van der Waals surface area contributed by atoms with Gasteiger partial charge in [0.2, 0.25) is 0 Å². The lowest BCUT2D eigenvalue weighted by atomic mass is 9.93. The number of hydrogen-bond acceptors (Lipinski definition) is 6. The molecule has 0 amide bonds. The summed E-state index contributed by atoms with van der Waals surface area (Å²) in [6, 6.07) is 0. The van der Waals surface area contributed by atoms with Crippen LogP contribution in [-0.4, -0.2) is 62.6 Å². The van der Waals surface area contributed by atoms with E-state index in [4.69, 9.17) is 0 Å². The average molecular weight is 518 g/mol. The van der Waals surface area contributed by atoms with E-state index in [-0.39, 0.29) is 24.0 Å². The van der Waals surface area contributed by atoms with Crippen molar-refractivity contribution in [1.82, 2.24) is 30.4 Å². The van der Waals surface area contributed by atoms with Crippen molar-refractivity contribution in [2.45, 2.75) is 52.1 Å².